The first-order valence-electron chi connectivity index (χ1n) is 11.6. The number of halogens is 4. The molecule has 0 bridgehead atoms. The number of morpholine rings is 1. The van der Waals surface area contributed by atoms with Gasteiger partial charge in [0.2, 0.25) is 0 Å². The molecular weight excluding hydrogens is 506 g/mol. The van der Waals surface area contributed by atoms with Gasteiger partial charge in [-0.05, 0) is 30.3 Å². The SMILES string of the molecule is CN(C)c1cc(Nc2ccc(-c3cn(-c4ncc(F)c(N5CCOCC5)n4)nn3)nc2)cc(C(F)(F)F)c1. The van der Waals surface area contributed by atoms with Crippen molar-refractivity contribution in [2.24, 2.45) is 0 Å². The fraction of sp³-hybridized carbons (Fsp3) is 0.292. The maximum absolute atomic E-state index is 14.3. The van der Waals surface area contributed by atoms with Crippen LogP contribution in [0.15, 0.2) is 48.9 Å². The summed E-state index contributed by atoms with van der Waals surface area (Å²) in [5, 5.41) is 11.1. The minimum atomic E-state index is -4.48. The normalized spacial score (nSPS) is 14.0. The van der Waals surface area contributed by atoms with Crippen molar-refractivity contribution >= 4 is 22.9 Å². The van der Waals surface area contributed by atoms with Crippen LogP contribution in [0.3, 0.4) is 0 Å². The van der Waals surface area contributed by atoms with E-state index < -0.39 is 17.6 Å². The summed E-state index contributed by atoms with van der Waals surface area (Å²) in [5.41, 5.74) is 1.29. The Morgan fingerprint density at radius 2 is 1.76 bits per heavy atom. The highest BCUT2D eigenvalue weighted by Gasteiger charge is 2.31. The van der Waals surface area contributed by atoms with E-state index >= 15 is 0 Å². The predicted molar refractivity (Wildman–Crippen MR) is 132 cm³/mol. The van der Waals surface area contributed by atoms with Crippen LogP contribution in [0, 0.1) is 5.82 Å². The Kier molecular flexibility index (Phi) is 6.80. The molecule has 3 aromatic heterocycles. The zero-order valence-electron chi connectivity index (χ0n) is 20.4. The molecule has 4 heterocycles. The minimum absolute atomic E-state index is 0.145. The lowest BCUT2D eigenvalue weighted by molar-refractivity contribution is -0.137. The lowest BCUT2D eigenvalue weighted by atomic mass is 10.1. The summed E-state index contributed by atoms with van der Waals surface area (Å²) in [6, 6.07) is 7.07. The van der Waals surface area contributed by atoms with Gasteiger partial charge in [0.15, 0.2) is 11.6 Å². The van der Waals surface area contributed by atoms with Gasteiger partial charge in [0.25, 0.3) is 5.95 Å². The average molecular weight is 530 g/mol. The Hall–Kier alpha value is -4.33. The van der Waals surface area contributed by atoms with Crippen LogP contribution in [-0.4, -0.2) is 70.3 Å². The van der Waals surface area contributed by atoms with Gasteiger partial charge >= 0.3 is 6.18 Å². The van der Waals surface area contributed by atoms with Crippen molar-refractivity contribution in [2.45, 2.75) is 6.18 Å². The van der Waals surface area contributed by atoms with E-state index in [0.717, 1.165) is 18.3 Å². The molecule has 0 aliphatic carbocycles. The summed E-state index contributed by atoms with van der Waals surface area (Å²) in [6.45, 7) is 1.98. The highest BCUT2D eigenvalue weighted by molar-refractivity contribution is 5.67. The standard InChI is InChI=1S/C24H23F4N9O/c1-35(2)18-10-15(24(26,27)28)9-17(11-18)31-16-3-4-20(29-12-16)21-14-37(34-33-21)23-30-13-19(25)22(32-23)36-5-7-38-8-6-36/h3-4,9-14,31H,5-8H2,1-2H3. The second-order valence-electron chi connectivity index (χ2n) is 8.71. The first kappa shape index (κ1) is 25.3. The van der Waals surface area contributed by atoms with Crippen molar-refractivity contribution in [2.75, 3.05) is 55.5 Å². The van der Waals surface area contributed by atoms with Crippen molar-refractivity contribution in [3.8, 4) is 17.3 Å². The van der Waals surface area contributed by atoms with Gasteiger partial charge in [0, 0.05) is 38.6 Å². The molecule has 38 heavy (non-hydrogen) atoms. The van der Waals surface area contributed by atoms with Crippen molar-refractivity contribution in [3.05, 3.63) is 60.3 Å². The molecule has 198 valence electrons. The number of alkyl halides is 3. The summed E-state index contributed by atoms with van der Waals surface area (Å²) >= 11 is 0. The van der Waals surface area contributed by atoms with Crippen LogP contribution < -0.4 is 15.1 Å². The summed E-state index contributed by atoms with van der Waals surface area (Å²) in [6.07, 6.45) is -0.354. The fourth-order valence-corrected chi connectivity index (χ4v) is 3.83. The zero-order valence-corrected chi connectivity index (χ0v) is 20.4. The molecule has 1 saturated heterocycles. The van der Waals surface area contributed by atoms with Gasteiger partial charge in [0.05, 0.1) is 48.7 Å². The smallest absolute Gasteiger partial charge is 0.378 e. The Morgan fingerprint density at radius 3 is 2.45 bits per heavy atom. The summed E-state index contributed by atoms with van der Waals surface area (Å²) in [4.78, 5) is 16.1. The lowest BCUT2D eigenvalue weighted by Gasteiger charge is -2.27. The third-order valence-electron chi connectivity index (χ3n) is 5.80. The number of aromatic nitrogens is 6. The number of benzene rings is 1. The van der Waals surface area contributed by atoms with Crippen molar-refractivity contribution in [3.63, 3.8) is 0 Å². The highest BCUT2D eigenvalue weighted by Crippen LogP contribution is 2.35. The van der Waals surface area contributed by atoms with E-state index in [2.05, 4.69) is 30.6 Å². The molecule has 0 radical (unpaired) electrons. The summed E-state index contributed by atoms with van der Waals surface area (Å²) < 4.78 is 61.0. The molecule has 1 fully saturated rings. The van der Waals surface area contributed by atoms with Crippen LogP contribution >= 0.6 is 0 Å². The fourth-order valence-electron chi connectivity index (χ4n) is 3.83. The number of nitrogens with zero attached hydrogens (tertiary/aromatic N) is 8. The molecule has 0 amide bonds. The maximum Gasteiger partial charge on any atom is 0.416 e. The number of hydrogen-bond acceptors (Lipinski definition) is 9. The Labute approximate surface area is 214 Å². The quantitative estimate of drug-likeness (QED) is 0.373. The molecule has 1 N–H and O–H groups in total. The van der Waals surface area contributed by atoms with E-state index in [9.17, 15) is 17.6 Å². The number of hydrogen-bond donors (Lipinski definition) is 1. The Bertz CT molecular complexity index is 1420. The van der Waals surface area contributed by atoms with Gasteiger partial charge in [-0.1, -0.05) is 5.21 Å². The second kappa shape index (κ2) is 10.2. The maximum atomic E-state index is 14.3. The molecule has 0 unspecified atom stereocenters. The number of pyridine rings is 1. The zero-order chi connectivity index (χ0) is 26.9. The molecule has 14 heteroatoms. The first-order chi connectivity index (χ1) is 18.2. The molecule has 5 rings (SSSR count). The largest absolute Gasteiger partial charge is 0.416 e. The van der Waals surface area contributed by atoms with E-state index in [4.69, 9.17) is 4.74 Å². The van der Waals surface area contributed by atoms with Crippen LogP contribution in [0.1, 0.15) is 5.56 Å². The topological polar surface area (TPSA) is 97.1 Å². The third kappa shape index (κ3) is 5.49. The van der Waals surface area contributed by atoms with Crippen LogP contribution in [0.4, 0.5) is 40.4 Å². The van der Waals surface area contributed by atoms with Crippen molar-refractivity contribution < 1.29 is 22.3 Å². The van der Waals surface area contributed by atoms with Crippen molar-refractivity contribution in [1.82, 2.24) is 29.9 Å². The summed E-state index contributed by atoms with van der Waals surface area (Å²) in [5.74, 6) is -0.235. The Balaban J connectivity index is 1.34. The molecular formula is C24H23F4N9O. The van der Waals surface area contributed by atoms with Crippen LogP contribution in [-0.2, 0) is 10.9 Å². The minimum Gasteiger partial charge on any atom is -0.378 e. The summed E-state index contributed by atoms with van der Waals surface area (Å²) in [7, 11) is 3.34. The first-order valence-corrected chi connectivity index (χ1v) is 11.6. The molecule has 1 aromatic carbocycles. The number of nitrogens with one attached hydrogen (secondary N) is 1. The van der Waals surface area contributed by atoms with E-state index in [1.54, 1.807) is 48.3 Å². The molecule has 4 aromatic rings. The van der Waals surface area contributed by atoms with Crippen molar-refractivity contribution in [1.29, 1.82) is 0 Å². The van der Waals surface area contributed by atoms with E-state index in [1.165, 1.54) is 10.9 Å². The van der Waals surface area contributed by atoms with Gasteiger partial charge in [-0.3, -0.25) is 4.98 Å². The van der Waals surface area contributed by atoms with Gasteiger partial charge < -0.3 is 19.9 Å². The molecule has 1 aliphatic heterocycles. The second-order valence-corrected chi connectivity index (χ2v) is 8.71. The molecule has 10 nitrogen and oxygen atoms in total. The average Bonchev–Trinajstić information content (AvgIpc) is 3.39. The van der Waals surface area contributed by atoms with E-state index in [1.807, 2.05) is 0 Å². The van der Waals surface area contributed by atoms with Crippen LogP contribution in [0.2, 0.25) is 0 Å². The van der Waals surface area contributed by atoms with Gasteiger partial charge in [-0.15, -0.1) is 5.10 Å². The van der Waals surface area contributed by atoms with E-state index in [-0.39, 0.29) is 17.5 Å². The lowest BCUT2D eigenvalue weighted by Crippen LogP contribution is -2.37. The Morgan fingerprint density at radius 1 is 0.974 bits per heavy atom. The third-order valence-corrected chi connectivity index (χ3v) is 5.80. The van der Waals surface area contributed by atoms with Crippen LogP contribution in [0.5, 0.6) is 0 Å². The molecule has 0 spiro atoms. The number of rotatable bonds is 6. The highest BCUT2D eigenvalue weighted by atomic mass is 19.4. The van der Waals surface area contributed by atoms with E-state index in [0.29, 0.717) is 49.1 Å². The van der Waals surface area contributed by atoms with Crippen LogP contribution in [0.25, 0.3) is 17.3 Å². The predicted octanol–water partition coefficient (Wildman–Crippen LogP) is 3.92. The van der Waals surface area contributed by atoms with Gasteiger partial charge in [0.1, 0.15) is 5.69 Å². The van der Waals surface area contributed by atoms with Gasteiger partial charge in [-0.2, -0.15) is 22.8 Å². The molecule has 0 saturated carbocycles. The monoisotopic (exact) mass is 529 g/mol. The van der Waals surface area contributed by atoms with Gasteiger partial charge in [-0.25, -0.2) is 9.37 Å². The molecule has 0 atom stereocenters. The number of ether oxygens (including phenoxy) is 1. The molecule has 1 aliphatic rings. The number of anilines is 4.